The molecule has 0 aliphatic rings. The van der Waals surface area contributed by atoms with Crippen LogP contribution in [-0.2, 0) is 0 Å². The number of thiophene rings is 1. The molecule has 0 saturated heterocycles. The molecular weight excluding hydrogens is 284 g/mol. The molecule has 3 heteroatoms. The topological polar surface area (TPSA) is 17.1 Å². The molecule has 0 radical (unpaired) electrons. The van der Waals surface area contributed by atoms with Crippen molar-refractivity contribution in [3.63, 3.8) is 0 Å². The van der Waals surface area contributed by atoms with E-state index in [-0.39, 0.29) is 0 Å². The molecule has 0 spiro atoms. The number of hydrogen-bond acceptors (Lipinski definition) is 3. The van der Waals surface area contributed by atoms with Gasteiger partial charge in [-0.05, 0) is 34.7 Å². The molecule has 0 atom stereocenters. The molecule has 0 unspecified atom stereocenters. The Balaban J connectivity index is 1.96. The Morgan fingerprint density at radius 1 is 0.900 bits per heavy atom. The van der Waals surface area contributed by atoms with E-state index in [1.165, 1.54) is 4.21 Å². The predicted octanol–water partition coefficient (Wildman–Crippen LogP) is 5.38. The molecule has 0 amide bonds. The van der Waals surface area contributed by atoms with E-state index in [4.69, 9.17) is 0 Å². The lowest BCUT2D eigenvalue weighted by Crippen LogP contribution is -1.87. The second-order valence-electron chi connectivity index (χ2n) is 4.27. The Morgan fingerprint density at radius 2 is 1.75 bits per heavy atom. The molecule has 0 aliphatic heterocycles. The lowest BCUT2D eigenvalue weighted by molar-refractivity contribution is 0.112. The zero-order valence-electron chi connectivity index (χ0n) is 10.7. The molecule has 3 rings (SSSR count). The highest BCUT2D eigenvalue weighted by atomic mass is 32.2. The lowest BCUT2D eigenvalue weighted by Gasteiger charge is -2.07. The van der Waals surface area contributed by atoms with Crippen LogP contribution in [0.4, 0.5) is 0 Å². The Hall–Kier alpha value is -1.84. The number of rotatable bonds is 4. The fourth-order valence-electron chi connectivity index (χ4n) is 1.97. The van der Waals surface area contributed by atoms with Crippen LogP contribution < -0.4 is 0 Å². The molecule has 0 fully saturated rings. The molecule has 3 aromatic rings. The molecular formula is C17H12OS2. The van der Waals surface area contributed by atoms with Crippen LogP contribution in [0.3, 0.4) is 0 Å². The number of carbonyl (C=O) groups is 1. The fraction of sp³-hybridized carbons (Fsp3) is 0. The van der Waals surface area contributed by atoms with E-state index in [0.29, 0.717) is 0 Å². The summed E-state index contributed by atoms with van der Waals surface area (Å²) in [5.74, 6) is 0. The summed E-state index contributed by atoms with van der Waals surface area (Å²) in [5.41, 5.74) is 2.94. The van der Waals surface area contributed by atoms with Crippen LogP contribution in [0.5, 0.6) is 0 Å². The molecule has 0 aliphatic carbocycles. The molecule has 0 bridgehead atoms. The molecule has 2 aromatic carbocycles. The first kappa shape index (κ1) is 13.2. The summed E-state index contributed by atoms with van der Waals surface area (Å²) >= 11 is 3.32. The molecule has 98 valence electrons. The highest BCUT2D eigenvalue weighted by molar-refractivity contribution is 8.01. The molecule has 0 N–H and O–H groups in total. The van der Waals surface area contributed by atoms with E-state index in [1.54, 1.807) is 23.1 Å². The van der Waals surface area contributed by atoms with Gasteiger partial charge in [0.05, 0.1) is 4.21 Å². The van der Waals surface area contributed by atoms with Crippen LogP contribution in [0.1, 0.15) is 10.4 Å². The van der Waals surface area contributed by atoms with Gasteiger partial charge in [0.1, 0.15) is 0 Å². The molecule has 1 heterocycles. The van der Waals surface area contributed by atoms with Gasteiger partial charge in [-0.25, -0.2) is 0 Å². The maximum atomic E-state index is 11.3. The van der Waals surface area contributed by atoms with Gasteiger partial charge in [-0.15, -0.1) is 11.3 Å². The average molecular weight is 296 g/mol. The Morgan fingerprint density at radius 3 is 2.45 bits per heavy atom. The molecule has 20 heavy (non-hydrogen) atoms. The van der Waals surface area contributed by atoms with Crippen LogP contribution >= 0.6 is 23.1 Å². The van der Waals surface area contributed by atoms with Gasteiger partial charge in [0.25, 0.3) is 0 Å². The molecule has 1 aromatic heterocycles. The fourth-order valence-corrected chi connectivity index (χ4v) is 3.77. The van der Waals surface area contributed by atoms with Gasteiger partial charge >= 0.3 is 0 Å². The van der Waals surface area contributed by atoms with Crippen molar-refractivity contribution < 1.29 is 4.79 Å². The smallest absolute Gasteiger partial charge is 0.151 e. The first-order valence-corrected chi connectivity index (χ1v) is 7.92. The second-order valence-corrected chi connectivity index (χ2v) is 6.56. The van der Waals surface area contributed by atoms with Crippen molar-refractivity contribution in [2.24, 2.45) is 0 Å². The van der Waals surface area contributed by atoms with Gasteiger partial charge < -0.3 is 0 Å². The molecule has 0 saturated carbocycles. The third-order valence-corrected chi connectivity index (χ3v) is 5.08. The zero-order valence-corrected chi connectivity index (χ0v) is 12.3. The minimum Gasteiger partial charge on any atom is -0.298 e. The van der Waals surface area contributed by atoms with E-state index in [2.05, 4.69) is 24.3 Å². The summed E-state index contributed by atoms with van der Waals surface area (Å²) in [7, 11) is 0. The van der Waals surface area contributed by atoms with Crippen molar-refractivity contribution in [3.05, 3.63) is 71.6 Å². The van der Waals surface area contributed by atoms with Crippen LogP contribution in [0.25, 0.3) is 11.1 Å². The summed E-state index contributed by atoms with van der Waals surface area (Å²) in [6, 6.07) is 20.2. The Kier molecular flexibility index (Phi) is 4.00. The van der Waals surface area contributed by atoms with E-state index < -0.39 is 0 Å². The minimum atomic E-state index is 0.741. The second kappa shape index (κ2) is 6.07. The first-order valence-electron chi connectivity index (χ1n) is 6.23. The van der Waals surface area contributed by atoms with Crippen LogP contribution in [0.2, 0.25) is 0 Å². The third-order valence-electron chi connectivity index (χ3n) is 2.95. The van der Waals surface area contributed by atoms with E-state index in [1.807, 2.05) is 41.8 Å². The standard InChI is InChI=1S/C17H12OS2/c18-12-15-11-14(13-5-2-1-3-6-13)8-9-16(15)20-17-7-4-10-19-17/h1-12H. The average Bonchev–Trinajstić information content (AvgIpc) is 3.01. The summed E-state index contributed by atoms with van der Waals surface area (Å²) in [6.07, 6.45) is 0.933. The predicted molar refractivity (Wildman–Crippen MR) is 85.7 cm³/mol. The van der Waals surface area contributed by atoms with Crippen molar-refractivity contribution in [1.82, 2.24) is 0 Å². The summed E-state index contributed by atoms with van der Waals surface area (Å²) in [4.78, 5) is 12.3. The van der Waals surface area contributed by atoms with Gasteiger partial charge in [-0.3, -0.25) is 4.79 Å². The highest BCUT2D eigenvalue weighted by Gasteiger charge is 2.07. The van der Waals surface area contributed by atoms with Gasteiger partial charge in [-0.2, -0.15) is 0 Å². The Labute approximate surface area is 126 Å². The maximum absolute atomic E-state index is 11.3. The van der Waals surface area contributed by atoms with Crippen molar-refractivity contribution in [2.75, 3.05) is 0 Å². The van der Waals surface area contributed by atoms with Crippen LogP contribution in [0, 0.1) is 0 Å². The third kappa shape index (κ3) is 2.84. The van der Waals surface area contributed by atoms with Gasteiger partial charge in [0.15, 0.2) is 6.29 Å². The van der Waals surface area contributed by atoms with Crippen LogP contribution in [0.15, 0.2) is 75.1 Å². The van der Waals surface area contributed by atoms with Crippen molar-refractivity contribution in [3.8, 4) is 11.1 Å². The number of aldehydes is 1. The number of benzene rings is 2. The Bertz CT molecular complexity index is 703. The van der Waals surface area contributed by atoms with Gasteiger partial charge in [0.2, 0.25) is 0 Å². The van der Waals surface area contributed by atoms with Gasteiger partial charge in [-0.1, -0.05) is 54.2 Å². The SMILES string of the molecule is O=Cc1cc(-c2ccccc2)ccc1Sc1cccs1. The number of hydrogen-bond donors (Lipinski definition) is 0. The zero-order chi connectivity index (χ0) is 13.8. The van der Waals surface area contributed by atoms with E-state index in [0.717, 1.165) is 27.9 Å². The maximum Gasteiger partial charge on any atom is 0.151 e. The summed E-state index contributed by atoms with van der Waals surface area (Å²) < 4.78 is 1.19. The quantitative estimate of drug-likeness (QED) is 0.601. The highest BCUT2D eigenvalue weighted by Crippen LogP contribution is 2.34. The molecule has 1 nitrogen and oxygen atoms in total. The van der Waals surface area contributed by atoms with Crippen LogP contribution in [-0.4, -0.2) is 6.29 Å². The van der Waals surface area contributed by atoms with Crippen molar-refractivity contribution in [1.29, 1.82) is 0 Å². The normalized spacial score (nSPS) is 10.4. The monoisotopic (exact) mass is 296 g/mol. The van der Waals surface area contributed by atoms with E-state index in [9.17, 15) is 4.79 Å². The van der Waals surface area contributed by atoms with E-state index >= 15 is 0 Å². The summed E-state index contributed by atoms with van der Waals surface area (Å²) in [6.45, 7) is 0. The largest absolute Gasteiger partial charge is 0.298 e. The van der Waals surface area contributed by atoms with Gasteiger partial charge in [0, 0.05) is 10.5 Å². The number of carbonyl (C=O) groups excluding carboxylic acids is 1. The van der Waals surface area contributed by atoms with Crippen molar-refractivity contribution >= 4 is 29.4 Å². The minimum absolute atomic E-state index is 0.741. The first-order chi connectivity index (χ1) is 9.86. The van der Waals surface area contributed by atoms with Crippen molar-refractivity contribution in [2.45, 2.75) is 9.10 Å². The lowest BCUT2D eigenvalue weighted by atomic mass is 10.0. The summed E-state index contributed by atoms with van der Waals surface area (Å²) in [5, 5.41) is 2.04.